The second-order valence-electron chi connectivity index (χ2n) is 6.68. The first-order valence-corrected chi connectivity index (χ1v) is 7.95. The van der Waals surface area contributed by atoms with E-state index in [1.165, 1.54) is 0 Å². The van der Waals surface area contributed by atoms with Crippen molar-refractivity contribution in [3.63, 3.8) is 0 Å². The molecule has 2 amide bonds. The third kappa shape index (κ3) is 2.87. The molecule has 0 unspecified atom stereocenters. The summed E-state index contributed by atoms with van der Waals surface area (Å²) in [5.41, 5.74) is -0.388. The largest absolute Gasteiger partial charge is 0.481 e. The van der Waals surface area contributed by atoms with Crippen LogP contribution in [-0.2, 0) is 9.59 Å². The summed E-state index contributed by atoms with van der Waals surface area (Å²) in [5, 5.41) is 12.2. The summed E-state index contributed by atoms with van der Waals surface area (Å²) >= 11 is 0. The molecule has 128 valence electrons. The van der Waals surface area contributed by atoms with Gasteiger partial charge in [-0.25, -0.2) is 0 Å². The Morgan fingerprint density at radius 3 is 2.54 bits per heavy atom. The first kappa shape index (κ1) is 16.4. The monoisotopic (exact) mass is 331 g/mol. The Labute approximate surface area is 140 Å². The quantitative estimate of drug-likeness (QED) is 0.804. The molecule has 3 rings (SSSR count). The number of fused-ring (bicyclic) bond motifs is 1. The molecule has 24 heavy (non-hydrogen) atoms. The van der Waals surface area contributed by atoms with Crippen molar-refractivity contribution < 1.29 is 19.5 Å². The zero-order valence-electron chi connectivity index (χ0n) is 13.6. The van der Waals surface area contributed by atoms with Crippen molar-refractivity contribution in [1.82, 2.24) is 15.1 Å². The summed E-state index contributed by atoms with van der Waals surface area (Å²) in [6.07, 6.45) is 0. The number of hydrogen-bond acceptors (Lipinski definition) is 4. The predicted molar refractivity (Wildman–Crippen MR) is 86.4 cm³/mol. The van der Waals surface area contributed by atoms with Gasteiger partial charge in [-0.15, -0.1) is 0 Å². The van der Waals surface area contributed by atoms with Crippen LogP contribution >= 0.6 is 0 Å². The normalized spacial score (nSPS) is 26.2. The van der Waals surface area contributed by atoms with Gasteiger partial charge in [0, 0.05) is 37.7 Å². The molecule has 2 aliphatic heterocycles. The fourth-order valence-corrected chi connectivity index (χ4v) is 3.77. The van der Waals surface area contributed by atoms with E-state index in [4.69, 9.17) is 0 Å². The molecule has 1 aromatic carbocycles. The summed E-state index contributed by atoms with van der Waals surface area (Å²) < 4.78 is 0. The average Bonchev–Trinajstić information content (AvgIpc) is 3.07. The van der Waals surface area contributed by atoms with Gasteiger partial charge in [0.2, 0.25) is 5.91 Å². The Bertz CT molecular complexity index is 663. The maximum atomic E-state index is 12.4. The minimum absolute atomic E-state index is 0.0613. The molecule has 2 atom stereocenters. The first-order chi connectivity index (χ1) is 11.4. The molecule has 1 aromatic rings. The topological polar surface area (TPSA) is 90.0 Å². The van der Waals surface area contributed by atoms with Crippen molar-refractivity contribution >= 4 is 17.8 Å². The first-order valence-electron chi connectivity index (χ1n) is 7.95. The van der Waals surface area contributed by atoms with Crippen molar-refractivity contribution in [2.24, 2.45) is 11.3 Å². The molecule has 2 fully saturated rings. The number of likely N-dealkylation sites (tertiary alicyclic amines) is 2. The highest BCUT2D eigenvalue weighted by Crippen LogP contribution is 2.42. The van der Waals surface area contributed by atoms with E-state index < -0.39 is 11.4 Å². The Hall–Kier alpha value is -2.41. The van der Waals surface area contributed by atoms with E-state index in [0.717, 1.165) is 0 Å². The number of rotatable bonds is 4. The summed E-state index contributed by atoms with van der Waals surface area (Å²) in [5.74, 6) is -1.46. The molecule has 0 bridgehead atoms. The van der Waals surface area contributed by atoms with Crippen LogP contribution in [0.4, 0.5) is 0 Å². The number of nitrogens with one attached hydrogen (secondary N) is 1. The Kier molecular flexibility index (Phi) is 4.28. The lowest BCUT2D eigenvalue weighted by atomic mass is 9.81. The van der Waals surface area contributed by atoms with Gasteiger partial charge in [0.25, 0.3) is 5.91 Å². The molecule has 7 nitrogen and oxygen atoms in total. The van der Waals surface area contributed by atoms with Gasteiger partial charge in [0.1, 0.15) is 5.41 Å². The van der Waals surface area contributed by atoms with E-state index in [0.29, 0.717) is 25.2 Å². The van der Waals surface area contributed by atoms with Gasteiger partial charge in [0.05, 0.1) is 6.54 Å². The number of benzene rings is 1. The lowest BCUT2D eigenvalue weighted by molar-refractivity contribution is -0.149. The lowest BCUT2D eigenvalue weighted by Gasteiger charge is -2.24. The van der Waals surface area contributed by atoms with Crippen LogP contribution in [-0.4, -0.2) is 72.5 Å². The van der Waals surface area contributed by atoms with Crippen molar-refractivity contribution in [3.8, 4) is 0 Å². The van der Waals surface area contributed by atoms with E-state index in [1.807, 2.05) is 18.0 Å². The molecule has 0 aliphatic carbocycles. The van der Waals surface area contributed by atoms with Crippen molar-refractivity contribution in [2.45, 2.75) is 0 Å². The number of aliphatic carboxylic acids is 1. The van der Waals surface area contributed by atoms with E-state index in [2.05, 4.69) is 5.32 Å². The molecule has 0 aromatic heterocycles. The number of carbonyl (C=O) groups is 3. The van der Waals surface area contributed by atoms with Gasteiger partial charge in [0.15, 0.2) is 0 Å². The van der Waals surface area contributed by atoms with E-state index in [1.54, 1.807) is 29.2 Å². The Balaban J connectivity index is 1.59. The maximum Gasteiger partial charge on any atom is 0.313 e. The van der Waals surface area contributed by atoms with Crippen LogP contribution in [0.3, 0.4) is 0 Å². The van der Waals surface area contributed by atoms with Crippen molar-refractivity contribution in [1.29, 1.82) is 0 Å². The highest BCUT2D eigenvalue weighted by Gasteiger charge is 2.57. The molecular formula is C17H21N3O4. The molecule has 2 N–H and O–H groups in total. The fourth-order valence-electron chi connectivity index (χ4n) is 3.77. The minimum atomic E-state index is -0.881. The van der Waals surface area contributed by atoms with Crippen LogP contribution < -0.4 is 5.32 Å². The summed E-state index contributed by atoms with van der Waals surface area (Å²) in [6, 6.07) is 8.68. The van der Waals surface area contributed by atoms with Crippen LogP contribution in [0.1, 0.15) is 10.4 Å². The predicted octanol–water partition coefficient (Wildman–Crippen LogP) is -0.109. The highest BCUT2D eigenvalue weighted by atomic mass is 16.4. The van der Waals surface area contributed by atoms with Crippen molar-refractivity contribution in [3.05, 3.63) is 35.9 Å². The smallest absolute Gasteiger partial charge is 0.313 e. The molecule has 0 saturated carbocycles. The Morgan fingerprint density at radius 1 is 1.21 bits per heavy atom. The summed E-state index contributed by atoms with van der Waals surface area (Å²) in [6.45, 7) is 1.64. The van der Waals surface area contributed by atoms with Crippen LogP contribution in [0.15, 0.2) is 30.3 Å². The number of carbonyl (C=O) groups excluding carboxylic acids is 2. The minimum Gasteiger partial charge on any atom is -0.481 e. The van der Waals surface area contributed by atoms with Crippen LogP contribution in [0, 0.1) is 11.3 Å². The van der Waals surface area contributed by atoms with E-state index >= 15 is 0 Å². The maximum absolute atomic E-state index is 12.4. The molecule has 0 spiro atoms. The van der Waals surface area contributed by atoms with Gasteiger partial charge in [-0.1, -0.05) is 18.2 Å². The van der Waals surface area contributed by atoms with Crippen LogP contribution in [0.2, 0.25) is 0 Å². The second kappa shape index (κ2) is 6.24. The van der Waals surface area contributed by atoms with Crippen LogP contribution in [0.25, 0.3) is 0 Å². The summed E-state index contributed by atoms with van der Waals surface area (Å²) in [7, 11) is 1.90. The molecule has 2 aliphatic rings. The number of amides is 2. The van der Waals surface area contributed by atoms with Gasteiger partial charge in [-0.3, -0.25) is 14.4 Å². The second-order valence-corrected chi connectivity index (χ2v) is 6.68. The SMILES string of the molecule is CN1C[C@H]2CN(C(=O)CNC(=O)c3ccccc3)C[C@@]2(C(=O)O)C1. The molecule has 2 heterocycles. The van der Waals surface area contributed by atoms with Crippen molar-refractivity contribution in [2.75, 3.05) is 39.8 Å². The third-order valence-corrected chi connectivity index (χ3v) is 4.99. The Morgan fingerprint density at radius 2 is 1.92 bits per heavy atom. The van der Waals surface area contributed by atoms with Gasteiger partial charge in [-0.05, 0) is 19.2 Å². The zero-order chi connectivity index (χ0) is 17.3. The van der Waals surface area contributed by atoms with Crippen LogP contribution in [0.5, 0.6) is 0 Å². The number of carboxylic acid groups (broad SMARTS) is 1. The number of carboxylic acids is 1. The highest BCUT2D eigenvalue weighted by molar-refractivity contribution is 5.96. The third-order valence-electron chi connectivity index (χ3n) is 4.99. The van der Waals surface area contributed by atoms with Gasteiger partial charge >= 0.3 is 5.97 Å². The lowest BCUT2D eigenvalue weighted by Crippen LogP contribution is -2.44. The average molecular weight is 331 g/mol. The van der Waals surface area contributed by atoms with E-state index in [9.17, 15) is 19.5 Å². The standard InChI is InChI=1S/C17H21N3O4/c1-19-8-13-9-20(11-17(13,10-19)16(23)24)14(21)7-18-15(22)12-5-3-2-4-6-12/h2-6,13H,7-11H2,1H3,(H,18,22)(H,23,24)/t13-,17-/m0/s1. The molecule has 2 saturated heterocycles. The van der Waals surface area contributed by atoms with E-state index in [-0.39, 0.29) is 30.8 Å². The number of hydrogen-bond donors (Lipinski definition) is 2. The fraction of sp³-hybridized carbons (Fsp3) is 0.471. The molecule has 7 heteroatoms. The van der Waals surface area contributed by atoms with Gasteiger partial charge < -0.3 is 20.2 Å². The zero-order valence-corrected chi connectivity index (χ0v) is 13.6. The van der Waals surface area contributed by atoms with Gasteiger partial charge in [-0.2, -0.15) is 0 Å². The molecule has 0 radical (unpaired) electrons. The summed E-state index contributed by atoms with van der Waals surface area (Å²) in [4.78, 5) is 39.7. The number of nitrogens with zero attached hydrogens (tertiary/aromatic N) is 2. The molecular weight excluding hydrogens is 310 g/mol.